The number of hydrogen-bond donors (Lipinski definition) is 0. The highest BCUT2D eigenvalue weighted by molar-refractivity contribution is 7.00. The molecule has 2 aliphatic carbocycles. The zero-order valence-electron chi connectivity index (χ0n) is 41.3. The molecule has 3 heteroatoms. The minimum atomic E-state index is 0.0554. The van der Waals surface area contributed by atoms with E-state index in [4.69, 9.17) is 0 Å². The summed E-state index contributed by atoms with van der Waals surface area (Å²) >= 11 is 0. The van der Waals surface area contributed by atoms with E-state index in [0.29, 0.717) is 11.8 Å². The Morgan fingerprint density at radius 3 is 1.01 bits per heavy atom. The van der Waals surface area contributed by atoms with Gasteiger partial charge >= 0.3 is 0 Å². The maximum atomic E-state index is 2.66. The molecule has 0 unspecified atom stereocenters. The summed E-state index contributed by atoms with van der Waals surface area (Å²) in [6.07, 6.45) is 13.0. The summed E-state index contributed by atoms with van der Waals surface area (Å²) in [7, 11) is 0. The summed E-state index contributed by atoms with van der Waals surface area (Å²) in [5, 5.41) is 0. The van der Waals surface area contributed by atoms with Crippen molar-refractivity contribution in [1.29, 1.82) is 0 Å². The third-order valence-electron chi connectivity index (χ3n) is 16.8. The van der Waals surface area contributed by atoms with Crippen molar-refractivity contribution >= 4 is 57.2 Å². The van der Waals surface area contributed by atoms with E-state index >= 15 is 0 Å². The van der Waals surface area contributed by atoms with Crippen LogP contribution in [0.2, 0.25) is 0 Å². The Bertz CT molecular complexity index is 3060. The van der Waals surface area contributed by atoms with Gasteiger partial charge in [0.2, 0.25) is 0 Å². The fourth-order valence-electron chi connectivity index (χ4n) is 13.2. The lowest BCUT2D eigenvalue weighted by molar-refractivity contribution is 0.444. The minimum absolute atomic E-state index is 0.0554. The molecule has 0 radical (unpaired) electrons. The van der Waals surface area contributed by atoms with Gasteiger partial charge in [-0.3, -0.25) is 0 Å². The average molecular weight is 917 g/mol. The van der Waals surface area contributed by atoms with Crippen LogP contribution < -0.4 is 26.2 Å². The van der Waals surface area contributed by atoms with Crippen LogP contribution in [-0.4, -0.2) is 6.71 Å². The monoisotopic (exact) mass is 916 g/mol. The summed E-state index contributed by atoms with van der Waals surface area (Å²) < 4.78 is 0. The predicted octanol–water partition coefficient (Wildman–Crippen LogP) is 17.1. The Morgan fingerprint density at radius 2 is 0.676 bits per heavy atom. The van der Waals surface area contributed by atoms with Crippen LogP contribution in [0, 0.1) is 13.8 Å². The van der Waals surface area contributed by atoms with Gasteiger partial charge in [0.15, 0.2) is 0 Å². The van der Waals surface area contributed by atoms with Crippen LogP contribution in [-0.2, 0) is 0 Å². The largest absolute Gasteiger partial charge is 0.311 e. The van der Waals surface area contributed by atoms with Crippen LogP contribution in [0.25, 0.3) is 44.5 Å². The topological polar surface area (TPSA) is 6.48 Å². The molecule has 0 bridgehead atoms. The Kier molecular flexibility index (Phi) is 11.3. The van der Waals surface area contributed by atoms with Gasteiger partial charge in [0.1, 0.15) is 0 Å². The number of fused-ring (bicyclic) bond motifs is 4. The van der Waals surface area contributed by atoms with E-state index < -0.39 is 0 Å². The predicted molar refractivity (Wildman–Crippen MR) is 303 cm³/mol. The van der Waals surface area contributed by atoms with E-state index in [1.807, 2.05) is 0 Å². The van der Waals surface area contributed by atoms with Gasteiger partial charge in [0.05, 0.1) is 0 Å². The number of rotatable bonds is 8. The molecule has 0 saturated heterocycles. The second-order valence-corrected chi connectivity index (χ2v) is 20.9. The van der Waals surface area contributed by atoms with Gasteiger partial charge in [-0.2, -0.15) is 0 Å². The second kappa shape index (κ2) is 18.4. The fraction of sp³-hybridized carbons (Fsp3) is 0.206. The molecule has 0 N–H and O–H groups in total. The van der Waals surface area contributed by atoms with Gasteiger partial charge in [0.25, 0.3) is 6.71 Å². The van der Waals surface area contributed by atoms with Crippen molar-refractivity contribution in [1.82, 2.24) is 0 Å². The molecule has 2 saturated carbocycles. The molecule has 2 fully saturated rings. The molecule has 4 aliphatic rings. The summed E-state index contributed by atoms with van der Waals surface area (Å²) in [5.41, 5.74) is 27.3. The first-order chi connectivity index (χ1) is 35.1. The zero-order chi connectivity index (χ0) is 47.4. The van der Waals surface area contributed by atoms with Crippen LogP contribution in [0.5, 0.6) is 0 Å². The highest BCUT2D eigenvalue weighted by Crippen LogP contribution is 2.49. The minimum Gasteiger partial charge on any atom is -0.311 e. The maximum absolute atomic E-state index is 2.66. The molecule has 346 valence electrons. The van der Waals surface area contributed by atoms with Crippen LogP contribution in [0.3, 0.4) is 0 Å². The maximum Gasteiger partial charge on any atom is 0.252 e. The molecule has 2 aliphatic heterocycles. The van der Waals surface area contributed by atoms with Gasteiger partial charge in [-0.1, -0.05) is 190 Å². The average Bonchev–Trinajstić information content (AvgIpc) is 3.44. The Morgan fingerprint density at radius 1 is 0.338 bits per heavy atom. The highest BCUT2D eigenvalue weighted by Gasteiger charge is 2.44. The molecule has 0 spiro atoms. The van der Waals surface area contributed by atoms with Crippen molar-refractivity contribution in [3.05, 3.63) is 222 Å². The summed E-state index contributed by atoms with van der Waals surface area (Å²) in [6.45, 7) is 4.68. The van der Waals surface area contributed by atoms with Crippen molar-refractivity contribution in [3.8, 4) is 44.5 Å². The molecule has 0 amide bonds. The highest BCUT2D eigenvalue weighted by atomic mass is 15.2. The number of nitrogens with zero attached hydrogens (tertiary/aromatic N) is 2. The lowest BCUT2D eigenvalue weighted by Gasteiger charge is -2.45. The molecule has 2 heterocycles. The van der Waals surface area contributed by atoms with Crippen LogP contribution >= 0.6 is 0 Å². The molecular weight excluding hydrogens is 856 g/mol. The Balaban J connectivity index is 1.10. The Hall–Kier alpha value is -7.36. The van der Waals surface area contributed by atoms with Crippen molar-refractivity contribution in [2.75, 3.05) is 9.80 Å². The van der Waals surface area contributed by atoms with E-state index in [9.17, 15) is 0 Å². The van der Waals surface area contributed by atoms with E-state index in [1.54, 1.807) is 0 Å². The third kappa shape index (κ3) is 7.73. The molecule has 71 heavy (non-hydrogen) atoms. The smallest absolute Gasteiger partial charge is 0.252 e. The van der Waals surface area contributed by atoms with Crippen molar-refractivity contribution in [3.63, 3.8) is 0 Å². The number of anilines is 6. The molecule has 9 aromatic carbocycles. The van der Waals surface area contributed by atoms with Gasteiger partial charge < -0.3 is 9.80 Å². The van der Waals surface area contributed by atoms with Crippen molar-refractivity contribution in [2.24, 2.45) is 0 Å². The van der Waals surface area contributed by atoms with Gasteiger partial charge in [0, 0.05) is 34.1 Å². The fourth-order valence-corrected chi connectivity index (χ4v) is 13.2. The third-order valence-corrected chi connectivity index (χ3v) is 16.8. The lowest BCUT2D eigenvalue weighted by atomic mass is 9.33. The standard InChI is InChI=1S/C68H61BN2/c1-46-58(50-26-13-5-14-27-50)42-56(43-59(46)51-28-15-6-16-29-51)70-64-34-21-35-65-68(64)69(62-38-36-54(40-66(62)70)48-22-9-3-10-23-48)63-39-37-55(49-24-11-4-12-25-49)41-67(63)71(65)57-44-60(52-30-17-7-18-31-52)47(2)61(45-57)53-32-19-8-20-33-53/h5-8,13-21,26-45,48-49H,3-4,9-12,22-25H2,1-2H3. The first-order valence-corrected chi connectivity index (χ1v) is 26.6. The molecule has 0 atom stereocenters. The van der Waals surface area contributed by atoms with Crippen LogP contribution in [0.15, 0.2) is 200 Å². The van der Waals surface area contributed by atoms with E-state index in [2.05, 4.69) is 224 Å². The SMILES string of the molecule is Cc1c(-c2ccccc2)cc(N2c3cc(C4CCCCC4)ccc3B3c4ccc(C5CCCCC5)cc4N(c4cc(-c5ccccc5)c(C)c(-c5ccccc5)c4)c4cccc2c43)cc1-c1ccccc1. The van der Waals surface area contributed by atoms with Crippen molar-refractivity contribution < 1.29 is 0 Å². The second-order valence-electron chi connectivity index (χ2n) is 20.9. The summed E-state index contributed by atoms with van der Waals surface area (Å²) in [4.78, 5) is 5.32. The number of benzene rings is 9. The first-order valence-electron chi connectivity index (χ1n) is 26.6. The zero-order valence-corrected chi connectivity index (χ0v) is 41.3. The molecule has 0 aromatic heterocycles. The van der Waals surface area contributed by atoms with Crippen LogP contribution in [0.4, 0.5) is 34.1 Å². The van der Waals surface area contributed by atoms with Gasteiger partial charge in [-0.25, -0.2) is 0 Å². The van der Waals surface area contributed by atoms with E-state index in [1.165, 1.54) is 181 Å². The molecule has 9 aromatic rings. The first kappa shape index (κ1) is 43.6. The van der Waals surface area contributed by atoms with E-state index in [-0.39, 0.29) is 6.71 Å². The molecule has 2 nitrogen and oxygen atoms in total. The van der Waals surface area contributed by atoms with Crippen molar-refractivity contribution in [2.45, 2.75) is 89.9 Å². The quantitative estimate of drug-likeness (QED) is 0.140. The molecule has 13 rings (SSSR count). The number of hydrogen-bond acceptors (Lipinski definition) is 2. The lowest BCUT2D eigenvalue weighted by Crippen LogP contribution is -2.61. The summed E-state index contributed by atoms with van der Waals surface area (Å²) in [5.74, 6) is 1.15. The van der Waals surface area contributed by atoms with Gasteiger partial charge in [-0.15, -0.1) is 0 Å². The molecular formula is C68H61BN2. The van der Waals surface area contributed by atoms with Gasteiger partial charge in [-0.05, 0) is 183 Å². The Labute approximate surface area is 421 Å². The van der Waals surface area contributed by atoms with E-state index in [0.717, 1.165) is 0 Å². The summed E-state index contributed by atoms with van der Waals surface area (Å²) in [6, 6.07) is 76.6. The normalized spacial score (nSPS) is 15.5. The van der Waals surface area contributed by atoms with Crippen LogP contribution in [0.1, 0.15) is 98.3 Å².